The van der Waals surface area contributed by atoms with Crippen LogP contribution in [0.25, 0.3) is 0 Å². The average Bonchev–Trinajstić information content (AvgIpc) is 2.92. The predicted molar refractivity (Wildman–Crippen MR) is 152 cm³/mol. The number of ether oxygens (including phenoxy) is 8. The Morgan fingerprint density at radius 1 is 0.659 bits per heavy atom. The van der Waals surface area contributed by atoms with Crippen LogP contribution in [0, 0.1) is 31.6 Å². The van der Waals surface area contributed by atoms with Crippen molar-refractivity contribution in [1.82, 2.24) is 0 Å². The maximum atomic E-state index is 12.1. The molecule has 2 aliphatic rings. The van der Waals surface area contributed by atoms with Gasteiger partial charge in [-0.2, -0.15) is 0 Å². The van der Waals surface area contributed by atoms with E-state index in [0.717, 1.165) is 11.1 Å². The smallest absolute Gasteiger partial charge is 0.303 e. The summed E-state index contributed by atoms with van der Waals surface area (Å²) in [5.41, 5.74) is 1.73. The fourth-order valence-corrected chi connectivity index (χ4v) is 5.17. The molecule has 246 valence electrons. The summed E-state index contributed by atoms with van der Waals surface area (Å²) in [5.74, 6) is -2.86. The van der Waals surface area contributed by atoms with Crippen molar-refractivity contribution in [3.8, 4) is 11.5 Å². The van der Waals surface area contributed by atoms with Crippen LogP contribution in [0.5, 0.6) is 11.5 Å². The summed E-state index contributed by atoms with van der Waals surface area (Å²) in [6.45, 7) is 13.9. The number of aryl methyl sites for hydroxylation is 2. The highest BCUT2D eigenvalue weighted by Gasteiger charge is 2.50. The number of esters is 4. The molecule has 1 N–H and O–H groups in total. The number of benzene rings is 1. The fourth-order valence-electron chi connectivity index (χ4n) is 5.17. The summed E-state index contributed by atoms with van der Waals surface area (Å²) in [7, 11) is 0. The molecule has 2 fully saturated rings. The molecular formula is C31H44O13. The maximum absolute atomic E-state index is 12.1. The van der Waals surface area contributed by atoms with Crippen LogP contribution in [0.15, 0.2) is 12.1 Å². The number of rotatable bonds is 10. The predicted octanol–water partition coefficient (Wildman–Crippen LogP) is 2.77. The lowest BCUT2D eigenvalue weighted by molar-refractivity contribution is -0.268. The Morgan fingerprint density at radius 3 is 1.61 bits per heavy atom. The number of carbonyl (C=O) groups excluding carboxylic acids is 4. The van der Waals surface area contributed by atoms with Crippen LogP contribution in [0.2, 0.25) is 0 Å². The molecule has 0 amide bonds. The van der Waals surface area contributed by atoms with Crippen molar-refractivity contribution < 1.29 is 62.2 Å². The van der Waals surface area contributed by atoms with Crippen LogP contribution >= 0.6 is 0 Å². The van der Waals surface area contributed by atoms with Crippen molar-refractivity contribution in [2.24, 2.45) is 17.8 Å². The first-order valence-corrected chi connectivity index (χ1v) is 14.6. The van der Waals surface area contributed by atoms with Crippen molar-refractivity contribution in [3.05, 3.63) is 23.3 Å². The van der Waals surface area contributed by atoms with Crippen LogP contribution < -0.4 is 9.47 Å². The third-order valence-corrected chi connectivity index (χ3v) is 8.04. The minimum atomic E-state index is -1.12. The van der Waals surface area contributed by atoms with Crippen LogP contribution in [0.3, 0.4) is 0 Å². The van der Waals surface area contributed by atoms with Crippen LogP contribution in [0.1, 0.15) is 59.6 Å². The average molecular weight is 625 g/mol. The van der Waals surface area contributed by atoms with Gasteiger partial charge >= 0.3 is 23.9 Å². The van der Waals surface area contributed by atoms with Gasteiger partial charge in [0.15, 0.2) is 17.6 Å². The van der Waals surface area contributed by atoms with E-state index in [0.29, 0.717) is 0 Å². The van der Waals surface area contributed by atoms with Crippen LogP contribution in [0.4, 0.5) is 0 Å². The molecule has 2 heterocycles. The van der Waals surface area contributed by atoms with Gasteiger partial charge in [-0.3, -0.25) is 19.2 Å². The van der Waals surface area contributed by atoms with Gasteiger partial charge in [-0.05, 0) is 48.9 Å². The molecule has 0 aromatic heterocycles. The molecule has 2 saturated heterocycles. The lowest BCUT2D eigenvalue weighted by atomic mass is 9.84. The van der Waals surface area contributed by atoms with Crippen molar-refractivity contribution >= 4 is 23.9 Å². The first kappa shape index (κ1) is 35.1. The highest BCUT2D eigenvalue weighted by molar-refractivity contribution is 5.68. The SMILES string of the molecule is CC(=O)OC[C@H]1O[C@@H](Oc2cc(C)c(C)cc2O[C@@H]2O[C@H](COC(C)=O)[C@@H](OC(C)=O)[C@H](OC(C)=O)[C@H]2C)[C@H](O)[C@@H](C)[C@@H]1C. The first-order chi connectivity index (χ1) is 20.6. The highest BCUT2D eigenvalue weighted by Crippen LogP contribution is 2.39. The van der Waals surface area contributed by atoms with E-state index in [4.69, 9.17) is 37.9 Å². The molecule has 44 heavy (non-hydrogen) atoms. The number of hydrogen-bond acceptors (Lipinski definition) is 13. The van der Waals surface area contributed by atoms with Crippen molar-refractivity contribution in [2.45, 2.75) is 105 Å². The molecule has 0 radical (unpaired) electrons. The van der Waals surface area contributed by atoms with E-state index in [2.05, 4.69) is 0 Å². The Hall–Kier alpha value is -3.42. The molecule has 0 saturated carbocycles. The fraction of sp³-hybridized carbons (Fsp3) is 0.677. The second-order valence-corrected chi connectivity index (χ2v) is 11.5. The van der Waals surface area contributed by atoms with E-state index < -0.39 is 72.9 Å². The molecule has 1 aromatic rings. The summed E-state index contributed by atoms with van der Waals surface area (Å²) in [5, 5.41) is 11.0. The van der Waals surface area contributed by atoms with E-state index in [1.807, 2.05) is 27.7 Å². The summed E-state index contributed by atoms with van der Waals surface area (Å²) in [4.78, 5) is 47.0. The molecule has 1 aromatic carbocycles. The van der Waals surface area contributed by atoms with E-state index in [-0.39, 0.29) is 36.5 Å². The van der Waals surface area contributed by atoms with Gasteiger partial charge in [-0.25, -0.2) is 0 Å². The first-order valence-electron chi connectivity index (χ1n) is 14.6. The number of aliphatic hydroxyl groups excluding tert-OH is 1. The number of aliphatic hydroxyl groups is 1. The Morgan fingerprint density at radius 2 is 1.11 bits per heavy atom. The maximum Gasteiger partial charge on any atom is 0.303 e. The van der Waals surface area contributed by atoms with Gasteiger partial charge in [0.05, 0.1) is 12.0 Å². The van der Waals surface area contributed by atoms with Gasteiger partial charge in [-0.1, -0.05) is 20.8 Å². The molecule has 2 aliphatic heterocycles. The largest absolute Gasteiger partial charge is 0.463 e. The zero-order chi connectivity index (χ0) is 32.9. The monoisotopic (exact) mass is 624 g/mol. The summed E-state index contributed by atoms with van der Waals surface area (Å²) in [6, 6.07) is 3.47. The number of carbonyl (C=O) groups is 4. The van der Waals surface area contributed by atoms with E-state index in [9.17, 15) is 24.3 Å². The molecule has 0 unspecified atom stereocenters. The second kappa shape index (κ2) is 15.0. The lowest BCUT2D eigenvalue weighted by Crippen LogP contribution is -2.59. The van der Waals surface area contributed by atoms with Gasteiger partial charge in [-0.15, -0.1) is 0 Å². The Bertz CT molecular complexity index is 1200. The normalized spacial score (nSPS) is 31.8. The standard InChI is InChI=1S/C31H44O13/c1-14-10-23(24(11-15(14)2)42-31-27(36)17(4)16(3)25(43-31)12-37-19(6)32)41-30-18(5)28(39-21(8)34)29(40-22(9)35)26(44-30)13-38-20(7)33/h10-11,16-18,25-31,36H,12-13H2,1-9H3/t16-,17-,18+,25+,26+,27+,28+,29+,30+,31+/m0/s1. The molecular weight excluding hydrogens is 580 g/mol. The molecule has 0 bridgehead atoms. The second-order valence-electron chi connectivity index (χ2n) is 11.5. The van der Waals surface area contributed by atoms with Gasteiger partial charge in [0.1, 0.15) is 31.5 Å². The molecule has 13 nitrogen and oxygen atoms in total. The minimum absolute atomic E-state index is 0.00188. The summed E-state index contributed by atoms with van der Waals surface area (Å²) < 4.78 is 46.2. The molecule has 0 aliphatic carbocycles. The molecule has 13 heteroatoms. The van der Waals surface area contributed by atoms with Gasteiger partial charge in [0.25, 0.3) is 0 Å². The van der Waals surface area contributed by atoms with E-state index in [1.165, 1.54) is 27.7 Å². The summed E-state index contributed by atoms with van der Waals surface area (Å²) >= 11 is 0. The molecule has 10 atom stereocenters. The van der Waals surface area contributed by atoms with Crippen LogP contribution in [-0.2, 0) is 47.6 Å². The topological polar surface area (TPSA) is 162 Å². The third-order valence-electron chi connectivity index (χ3n) is 8.04. The van der Waals surface area contributed by atoms with E-state index in [1.54, 1.807) is 19.1 Å². The quantitative estimate of drug-likeness (QED) is 0.299. The zero-order valence-corrected chi connectivity index (χ0v) is 26.7. The van der Waals surface area contributed by atoms with Gasteiger partial charge < -0.3 is 43.0 Å². The Balaban J connectivity index is 1.93. The third kappa shape index (κ3) is 8.82. The summed E-state index contributed by atoms with van der Waals surface area (Å²) in [6.07, 6.45) is -6.84. The number of hydrogen-bond donors (Lipinski definition) is 1. The lowest BCUT2D eigenvalue weighted by Gasteiger charge is -2.44. The van der Waals surface area contributed by atoms with Crippen molar-refractivity contribution in [1.29, 1.82) is 0 Å². The Labute approximate surface area is 257 Å². The zero-order valence-electron chi connectivity index (χ0n) is 26.7. The van der Waals surface area contributed by atoms with E-state index >= 15 is 0 Å². The highest BCUT2D eigenvalue weighted by atomic mass is 16.7. The van der Waals surface area contributed by atoms with Crippen LogP contribution in [-0.4, -0.2) is 85.3 Å². The Kier molecular flexibility index (Phi) is 12.0. The van der Waals surface area contributed by atoms with Crippen molar-refractivity contribution in [2.75, 3.05) is 13.2 Å². The molecule has 0 spiro atoms. The van der Waals surface area contributed by atoms with Crippen molar-refractivity contribution in [3.63, 3.8) is 0 Å². The minimum Gasteiger partial charge on any atom is -0.463 e. The van der Waals surface area contributed by atoms with Gasteiger partial charge in [0.2, 0.25) is 12.6 Å². The molecule has 3 rings (SSSR count). The van der Waals surface area contributed by atoms with Gasteiger partial charge in [0, 0.05) is 27.7 Å².